The number of benzene rings is 1. The Morgan fingerprint density at radius 3 is 2.35 bits per heavy atom. The molecule has 4 heteroatoms. The smallest absolute Gasteiger partial charge is 0.184 e. The lowest BCUT2D eigenvalue weighted by Gasteiger charge is -2.06. The molecule has 0 atom stereocenters. The van der Waals surface area contributed by atoms with Gasteiger partial charge in [-0.2, -0.15) is 5.10 Å². The van der Waals surface area contributed by atoms with Gasteiger partial charge in [-0.05, 0) is 57.5 Å². The molecule has 0 aliphatic carbocycles. The molecule has 0 N–H and O–H groups in total. The van der Waals surface area contributed by atoms with Crippen LogP contribution in [0.1, 0.15) is 34.2 Å². The molecule has 0 spiro atoms. The van der Waals surface area contributed by atoms with Crippen molar-refractivity contribution in [3.05, 3.63) is 46.8 Å². The van der Waals surface area contributed by atoms with E-state index >= 15 is 0 Å². The predicted molar refractivity (Wildman–Crippen MR) is 78.4 cm³/mol. The second-order valence-electron chi connectivity index (χ2n) is 4.83. The molecular formula is C16H20N2O2. The van der Waals surface area contributed by atoms with Gasteiger partial charge in [-0.25, -0.2) is 0 Å². The molecule has 0 bridgehead atoms. The summed E-state index contributed by atoms with van der Waals surface area (Å²) in [6.45, 7) is 8.80. The number of ether oxygens (including phenoxy) is 1. The average molecular weight is 272 g/mol. The van der Waals surface area contributed by atoms with Gasteiger partial charge in [-0.3, -0.25) is 9.48 Å². The molecule has 2 rings (SSSR count). The molecule has 1 aromatic heterocycles. The minimum atomic E-state index is 0.0543. The lowest BCUT2D eigenvalue weighted by atomic mass is 10.1. The molecule has 0 saturated heterocycles. The first-order valence-electron chi connectivity index (χ1n) is 6.79. The molecule has 4 nitrogen and oxygen atoms in total. The first kappa shape index (κ1) is 14.3. The number of ketones is 1. The van der Waals surface area contributed by atoms with Crippen molar-refractivity contribution in [3.8, 4) is 5.75 Å². The summed E-state index contributed by atoms with van der Waals surface area (Å²) in [5.41, 5.74) is 3.84. The van der Waals surface area contributed by atoms with Gasteiger partial charge in [-0.15, -0.1) is 0 Å². The molecular weight excluding hydrogens is 252 g/mol. The standard InChI is InChI=1S/C16H20N2O2/c1-5-20-15-8-6-14(7-9-15)16(19)10-18-13(4)11(2)12(3)17-18/h6-9H,5,10H2,1-4H3. The topological polar surface area (TPSA) is 44.1 Å². The number of rotatable bonds is 5. The van der Waals surface area contributed by atoms with Crippen LogP contribution in [-0.4, -0.2) is 22.2 Å². The van der Waals surface area contributed by atoms with Crippen molar-refractivity contribution in [1.82, 2.24) is 9.78 Å². The van der Waals surface area contributed by atoms with Crippen molar-refractivity contribution in [2.75, 3.05) is 6.61 Å². The van der Waals surface area contributed by atoms with Gasteiger partial charge in [-0.1, -0.05) is 0 Å². The van der Waals surface area contributed by atoms with Gasteiger partial charge in [0.2, 0.25) is 0 Å². The van der Waals surface area contributed by atoms with Gasteiger partial charge in [0.15, 0.2) is 5.78 Å². The number of aryl methyl sites for hydroxylation is 1. The summed E-state index contributed by atoms with van der Waals surface area (Å²) < 4.78 is 7.14. The summed E-state index contributed by atoms with van der Waals surface area (Å²) in [4.78, 5) is 12.3. The van der Waals surface area contributed by atoms with Gasteiger partial charge in [0, 0.05) is 11.3 Å². The van der Waals surface area contributed by atoms with E-state index in [0.717, 1.165) is 22.7 Å². The third kappa shape index (κ3) is 2.90. The van der Waals surface area contributed by atoms with Gasteiger partial charge < -0.3 is 4.74 Å². The van der Waals surface area contributed by atoms with Crippen LogP contribution in [0.2, 0.25) is 0 Å². The second kappa shape index (κ2) is 5.90. The number of nitrogens with zero attached hydrogens (tertiary/aromatic N) is 2. The Balaban J connectivity index is 2.13. The van der Waals surface area contributed by atoms with Crippen molar-refractivity contribution in [2.45, 2.75) is 34.2 Å². The summed E-state index contributed by atoms with van der Waals surface area (Å²) in [5.74, 6) is 0.838. The van der Waals surface area contributed by atoms with E-state index in [2.05, 4.69) is 5.10 Å². The highest BCUT2D eigenvalue weighted by molar-refractivity contribution is 5.96. The molecule has 1 heterocycles. The maximum Gasteiger partial charge on any atom is 0.184 e. The highest BCUT2D eigenvalue weighted by Crippen LogP contribution is 2.15. The van der Waals surface area contributed by atoms with Gasteiger partial charge in [0.1, 0.15) is 12.3 Å². The molecule has 2 aromatic rings. The lowest BCUT2D eigenvalue weighted by Crippen LogP contribution is -2.13. The average Bonchev–Trinajstić information content (AvgIpc) is 2.67. The Morgan fingerprint density at radius 2 is 1.85 bits per heavy atom. The van der Waals surface area contributed by atoms with Gasteiger partial charge in [0.25, 0.3) is 0 Å². The molecule has 0 aliphatic heterocycles. The van der Waals surface area contributed by atoms with E-state index in [-0.39, 0.29) is 12.3 Å². The monoisotopic (exact) mass is 272 g/mol. The van der Waals surface area contributed by atoms with E-state index in [1.807, 2.05) is 39.8 Å². The summed E-state index contributed by atoms with van der Waals surface area (Å²) in [6, 6.07) is 7.24. The third-order valence-electron chi connectivity index (χ3n) is 3.52. The number of hydrogen-bond acceptors (Lipinski definition) is 3. The van der Waals surface area contributed by atoms with Crippen molar-refractivity contribution in [3.63, 3.8) is 0 Å². The van der Waals surface area contributed by atoms with Crippen LogP contribution < -0.4 is 4.74 Å². The first-order chi connectivity index (χ1) is 9.52. The molecule has 106 valence electrons. The predicted octanol–water partition coefficient (Wildman–Crippen LogP) is 3.09. The lowest BCUT2D eigenvalue weighted by molar-refractivity contribution is 0.0966. The van der Waals surface area contributed by atoms with E-state index in [9.17, 15) is 4.79 Å². The molecule has 20 heavy (non-hydrogen) atoms. The molecule has 1 aromatic carbocycles. The molecule has 0 unspecified atom stereocenters. The SMILES string of the molecule is CCOc1ccc(C(=O)Cn2nc(C)c(C)c2C)cc1. The quantitative estimate of drug-likeness (QED) is 0.786. The largest absolute Gasteiger partial charge is 0.494 e. The molecule has 0 radical (unpaired) electrons. The van der Waals surface area contributed by atoms with Crippen molar-refractivity contribution >= 4 is 5.78 Å². The van der Waals surface area contributed by atoms with Crippen LogP contribution in [0.15, 0.2) is 24.3 Å². The second-order valence-corrected chi connectivity index (χ2v) is 4.83. The third-order valence-corrected chi connectivity index (χ3v) is 3.52. The highest BCUT2D eigenvalue weighted by atomic mass is 16.5. The molecule has 0 aliphatic rings. The van der Waals surface area contributed by atoms with Crippen molar-refractivity contribution < 1.29 is 9.53 Å². The molecule has 0 saturated carbocycles. The van der Waals surface area contributed by atoms with Gasteiger partial charge in [0.05, 0.1) is 12.3 Å². The Morgan fingerprint density at radius 1 is 1.20 bits per heavy atom. The normalized spacial score (nSPS) is 10.6. The van der Waals surface area contributed by atoms with Crippen LogP contribution in [0.4, 0.5) is 0 Å². The van der Waals surface area contributed by atoms with Crippen molar-refractivity contribution in [1.29, 1.82) is 0 Å². The van der Waals surface area contributed by atoms with E-state index in [1.165, 1.54) is 0 Å². The number of carbonyl (C=O) groups is 1. The zero-order chi connectivity index (χ0) is 14.7. The summed E-state index contributed by atoms with van der Waals surface area (Å²) in [5, 5.41) is 4.39. The van der Waals surface area contributed by atoms with E-state index in [1.54, 1.807) is 16.8 Å². The van der Waals surface area contributed by atoms with Crippen molar-refractivity contribution in [2.24, 2.45) is 0 Å². The number of Topliss-reactive ketones (excluding diaryl/α,β-unsaturated/α-hetero) is 1. The van der Waals surface area contributed by atoms with Crippen LogP contribution in [0.3, 0.4) is 0 Å². The van der Waals surface area contributed by atoms with Crippen LogP contribution in [0.5, 0.6) is 5.75 Å². The maximum absolute atomic E-state index is 12.3. The Bertz CT molecular complexity index is 612. The Kier molecular flexibility index (Phi) is 4.23. The Hall–Kier alpha value is -2.10. The summed E-state index contributed by atoms with van der Waals surface area (Å²) in [7, 11) is 0. The van der Waals surface area contributed by atoms with Crippen LogP contribution in [0, 0.1) is 20.8 Å². The van der Waals surface area contributed by atoms with Crippen LogP contribution >= 0.6 is 0 Å². The van der Waals surface area contributed by atoms with Crippen LogP contribution in [0.25, 0.3) is 0 Å². The fourth-order valence-electron chi connectivity index (χ4n) is 2.07. The Labute approximate surface area is 119 Å². The van der Waals surface area contributed by atoms with E-state index in [0.29, 0.717) is 12.2 Å². The van der Waals surface area contributed by atoms with Gasteiger partial charge >= 0.3 is 0 Å². The highest BCUT2D eigenvalue weighted by Gasteiger charge is 2.12. The maximum atomic E-state index is 12.3. The van der Waals surface area contributed by atoms with Crippen LogP contribution in [-0.2, 0) is 6.54 Å². The number of hydrogen-bond donors (Lipinski definition) is 0. The fraction of sp³-hybridized carbons (Fsp3) is 0.375. The fourth-order valence-corrected chi connectivity index (χ4v) is 2.07. The number of carbonyl (C=O) groups excluding carboxylic acids is 1. The molecule has 0 amide bonds. The zero-order valence-electron chi connectivity index (χ0n) is 12.4. The summed E-state index contributed by atoms with van der Waals surface area (Å²) in [6.07, 6.45) is 0. The molecule has 0 fully saturated rings. The van der Waals surface area contributed by atoms with E-state index < -0.39 is 0 Å². The zero-order valence-corrected chi connectivity index (χ0v) is 12.4. The minimum Gasteiger partial charge on any atom is -0.494 e. The number of aromatic nitrogens is 2. The van der Waals surface area contributed by atoms with E-state index in [4.69, 9.17) is 4.74 Å². The first-order valence-corrected chi connectivity index (χ1v) is 6.79. The minimum absolute atomic E-state index is 0.0543. The summed E-state index contributed by atoms with van der Waals surface area (Å²) >= 11 is 0.